The minimum Gasteiger partial charge on any atom is -0.481 e. The first-order valence-corrected chi connectivity index (χ1v) is 38.9. The quantitative estimate of drug-likeness (QED) is 0.0252. The van der Waals surface area contributed by atoms with Gasteiger partial charge in [-0.1, -0.05) is 55.4 Å². The highest BCUT2D eigenvalue weighted by Gasteiger charge is 2.40. The third kappa shape index (κ3) is 42.4. The number of carbonyl (C=O) groups is 19. The molecule has 0 aliphatic rings. The van der Waals surface area contributed by atoms with Gasteiger partial charge in [0.15, 0.2) is 0 Å². The molecule has 0 radical (unpaired) electrons. The van der Waals surface area contributed by atoms with Crippen LogP contribution < -0.4 is 109 Å². The molecule has 0 aromatic carbocycles. The van der Waals surface area contributed by atoms with Crippen LogP contribution >= 0.6 is 0 Å². The van der Waals surface area contributed by atoms with Gasteiger partial charge in [-0.3, -0.25) is 86.3 Å². The fraction of sp³-hybridized carbons (Fsp3) is 0.736. The zero-order chi connectivity index (χ0) is 89.7. The molecule has 0 aromatic heterocycles. The summed E-state index contributed by atoms with van der Waals surface area (Å²) in [5, 5.41) is 92.6. The molecular formula is C72H128N20O25. The van der Waals surface area contributed by atoms with Crippen LogP contribution in [-0.4, -0.2) is 273 Å². The second kappa shape index (κ2) is 56.1. The van der Waals surface area contributed by atoms with E-state index < -0.39 is 272 Å². The molecule has 32 N–H and O–H groups in total. The first-order chi connectivity index (χ1) is 54.7. The van der Waals surface area contributed by atoms with Crippen molar-refractivity contribution in [3.8, 4) is 0 Å². The van der Waals surface area contributed by atoms with Crippen molar-refractivity contribution in [2.75, 3.05) is 32.8 Å². The number of unbranched alkanes of at least 4 members (excludes halogenated alkanes) is 3. The first kappa shape index (κ1) is 107. The number of aliphatic hydroxyl groups is 3. The Labute approximate surface area is 678 Å². The van der Waals surface area contributed by atoms with Gasteiger partial charge in [0.05, 0.1) is 31.8 Å². The summed E-state index contributed by atoms with van der Waals surface area (Å²) in [4.78, 5) is 253. The van der Waals surface area contributed by atoms with Crippen LogP contribution in [-0.2, 0) is 91.1 Å². The van der Waals surface area contributed by atoms with E-state index in [1.54, 1.807) is 41.5 Å². The molecule has 0 heterocycles. The van der Waals surface area contributed by atoms with Gasteiger partial charge in [0.2, 0.25) is 94.5 Å². The predicted octanol–water partition coefficient (Wildman–Crippen LogP) is -8.77. The molecule has 0 rings (SSSR count). The van der Waals surface area contributed by atoms with Crippen molar-refractivity contribution in [3.05, 3.63) is 0 Å². The fourth-order valence-corrected chi connectivity index (χ4v) is 11.3. The highest BCUT2D eigenvalue weighted by molar-refractivity contribution is 6.01. The molecule has 117 heavy (non-hydrogen) atoms. The average molecular weight is 1670 g/mol. The van der Waals surface area contributed by atoms with E-state index in [-0.39, 0.29) is 83.3 Å². The Morgan fingerprint density at radius 3 is 0.940 bits per heavy atom. The van der Waals surface area contributed by atoms with E-state index in [0.29, 0.717) is 25.7 Å². The first-order valence-electron chi connectivity index (χ1n) is 38.9. The average Bonchev–Trinajstić information content (AvgIpc) is 0.846. The molecule has 0 aliphatic heterocycles. The summed E-state index contributed by atoms with van der Waals surface area (Å²) < 4.78 is 0. The van der Waals surface area contributed by atoms with Gasteiger partial charge in [-0.25, -0.2) is 4.79 Å². The number of nitrogens with one attached hydrogen (secondary N) is 14. The second-order valence-electron chi connectivity index (χ2n) is 30.0. The lowest BCUT2D eigenvalue weighted by Crippen LogP contribution is -2.63. The van der Waals surface area contributed by atoms with Crippen LogP contribution in [0, 0.1) is 23.7 Å². The Bertz CT molecular complexity index is 3330. The molecule has 0 aliphatic carbocycles. The standard InChI is InChI=1S/C72H128N20O25/c1-34(2)29-46(65(109)86-47(30-35(3)4)67(111)92-57(39(10)95)71(115)84-45(22-25-54(100)101)63(107)88-49(32-93)68(112)91-56(37(7)8)70(114)87-48(31-52(78)97)66(110)89-50(33-94)72(116)117)85-62(106)42(18-12-15-27-74)83-69(113)55(36(5)6)90-64(108)43(19-13-16-28-75)80-58(102)38(9)79-60(104)44(21-24-53(98)99)82-61(105)41(17-11-14-26-73)81-59(103)40(76)20-23-51(77)96/h34-50,55-57,93-95H,11-33,73-76H2,1-10H3,(H2,77,96)(H2,78,97)(H,79,104)(H,80,102)(H,81,103)(H,82,105)(H,83,113)(H,84,115)(H,85,106)(H,86,109)(H,87,114)(H,88,107)(H,89,110)(H,90,108)(H,91,112)(H,92,111)(H,98,99)(H,100,101)(H,116,117)/t38-,39+,40-,41-,42-,43-,44-,45-,46-,47-,48-,49-,50-,55-,56-,57-/m0/s1. The lowest BCUT2D eigenvalue weighted by Gasteiger charge is -2.30. The number of carboxylic acid groups (broad SMARTS) is 3. The van der Waals surface area contributed by atoms with E-state index in [0.717, 1.165) is 6.92 Å². The summed E-state index contributed by atoms with van der Waals surface area (Å²) in [5.74, 6) is -23.6. The summed E-state index contributed by atoms with van der Waals surface area (Å²) >= 11 is 0. The monoisotopic (exact) mass is 1670 g/mol. The van der Waals surface area contributed by atoms with Crippen molar-refractivity contribution in [2.45, 2.75) is 282 Å². The number of primary amides is 2. The van der Waals surface area contributed by atoms with Crippen molar-refractivity contribution in [2.24, 2.45) is 58.1 Å². The number of nitrogens with two attached hydrogens (primary N) is 6. The Morgan fingerprint density at radius 1 is 0.299 bits per heavy atom. The molecule has 16 amide bonds. The van der Waals surface area contributed by atoms with Crippen LogP contribution in [0.5, 0.6) is 0 Å². The van der Waals surface area contributed by atoms with Crippen LogP contribution in [0.4, 0.5) is 0 Å². The smallest absolute Gasteiger partial charge is 0.328 e. The van der Waals surface area contributed by atoms with Gasteiger partial charge in [-0.2, -0.15) is 0 Å². The lowest BCUT2D eigenvalue weighted by atomic mass is 9.98. The molecule has 45 nitrogen and oxygen atoms in total. The van der Waals surface area contributed by atoms with Crippen molar-refractivity contribution < 1.29 is 122 Å². The molecule has 666 valence electrons. The van der Waals surface area contributed by atoms with Gasteiger partial charge in [-0.15, -0.1) is 0 Å². The van der Waals surface area contributed by atoms with E-state index >= 15 is 0 Å². The topological polar surface area (TPSA) is 770 Å². The van der Waals surface area contributed by atoms with Gasteiger partial charge < -0.3 is 139 Å². The largest absolute Gasteiger partial charge is 0.481 e. The van der Waals surface area contributed by atoms with E-state index in [9.17, 15) is 122 Å². The van der Waals surface area contributed by atoms with E-state index in [2.05, 4.69) is 69.1 Å². The van der Waals surface area contributed by atoms with Gasteiger partial charge >= 0.3 is 17.9 Å². The van der Waals surface area contributed by atoms with Gasteiger partial charge in [0, 0.05) is 19.3 Å². The maximum atomic E-state index is 14.6. The number of hydrogen-bond acceptors (Lipinski definition) is 26. The highest BCUT2D eigenvalue weighted by atomic mass is 16.4. The summed E-state index contributed by atoms with van der Waals surface area (Å²) in [6.45, 7) is 13.2. The molecular weight excluding hydrogens is 1540 g/mol. The van der Waals surface area contributed by atoms with Gasteiger partial charge in [-0.05, 0) is 147 Å². The maximum Gasteiger partial charge on any atom is 0.328 e. The number of carboxylic acids is 3. The molecule has 45 heteroatoms. The third-order valence-electron chi connectivity index (χ3n) is 18.0. The third-order valence-corrected chi connectivity index (χ3v) is 18.0. The number of aliphatic hydroxyl groups excluding tert-OH is 3. The normalized spacial score (nSPS) is 15.4. The fourth-order valence-electron chi connectivity index (χ4n) is 11.3. The number of aliphatic carboxylic acids is 3. The van der Waals surface area contributed by atoms with Gasteiger partial charge in [0.1, 0.15) is 84.6 Å². The van der Waals surface area contributed by atoms with Crippen molar-refractivity contribution in [1.29, 1.82) is 0 Å². The van der Waals surface area contributed by atoms with Crippen molar-refractivity contribution >= 4 is 112 Å². The highest BCUT2D eigenvalue weighted by Crippen LogP contribution is 2.16. The molecule has 0 bridgehead atoms. The zero-order valence-corrected chi connectivity index (χ0v) is 68.2. The number of hydrogen-bond donors (Lipinski definition) is 26. The molecule has 0 aromatic rings. The Hall–Kier alpha value is -10.3. The predicted molar refractivity (Wildman–Crippen MR) is 417 cm³/mol. The molecule has 0 saturated carbocycles. The Morgan fingerprint density at radius 2 is 0.590 bits per heavy atom. The molecule has 0 spiro atoms. The number of carbonyl (C=O) groups excluding carboxylic acids is 16. The molecule has 0 saturated heterocycles. The Kier molecular flexibility index (Phi) is 51.1. The Balaban J connectivity index is 7.00. The van der Waals surface area contributed by atoms with Crippen LogP contribution in [0.15, 0.2) is 0 Å². The number of amides is 16. The minimum absolute atomic E-state index is 0.00429. The maximum absolute atomic E-state index is 14.6. The minimum atomic E-state index is -1.99. The van der Waals surface area contributed by atoms with Crippen molar-refractivity contribution in [1.82, 2.24) is 74.4 Å². The van der Waals surface area contributed by atoms with Crippen LogP contribution in [0.1, 0.15) is 185 Å². The van der Waals surface area contributed by atoms with Crippen LogP contribution in [0.2, 0.25) is 0 Å². The summed E-state index contributed by atoms with van der Waals surface area (Å²) in [5.41, 5.74) is 33.6. The van der Waals surface area contributed by atoms with E-state index in [1.807, 2.05) is 5.32 Å². The van der Waals surface area contributed by atoms with E-state index in [4.69, 9.17) is 34.4 Å². The number of rotatable bonds is 61. The summed E-state index contributed by atoms with van der Waals surface area (Å²) in [7, 11) is 0. The summed E-state index contributed by atoms with van der Waals surface area (Å²) in [6.07, 6.45) is -4.28. The van der Waals surface area contributed by atoms with Gasteiger partial charge in [0.25, 0.3) is 0 Å². The summed E-state index contributed by atoms with van der Waals surface area (Å²) in [6, 6.07) is -24.2. The second-order valence-corrected chi connectivity index (χ2v) is 30.0. The van der Waals surface area contributed by atoms with Crippen molar-refractivity contribution in [3.63, 3.8) is 0 Å². The van der Waals surface area contributed by atoms with E-state index in [1.165, 1.54) is 20.8 Å². The zero-order valence-electron chi connectivity index (χ0n) is 68.2. The SMILES string of the molecule is CC(C)C[C@H](NC(=O)[C@H](CCCCN)NC(=O)[C@@H](NC(=O)[C@H](CCCCN)NC(=O)[C@H](C)NC(=O)[C@H](CCC(=O)O)NC(=O)[C@H](CCCCN)NC(=O)[C@@H](N)CCC(N)=O)C(C)C)C(=O)N[C@@H](CC(C)C)C(=O)N[C@H](C(=O)N[C@@H](CCC(=O)O)C(=O)N[C@@H](CO)C(=O)N[C@H](C(=O)N[C@@H](CC(N)=O)C(=O)N[C@@H](CO)C(=O)O)C(C)C)[C@@H](C)O. The molecule has 0 unspecified atom stereocenters. The lowest BCUT2D eigenvalue weighted by molar-refractivity contribution is -0.143. The van der Waals surface area contributed by atoms with Crippen LogP contribution in [0.25, 0.3) is 0 Å². The molecule has 16 atom stereocenters. The molecule has 0 fully saturated rings. The van der Waals surface area contributed by atoms with Crippen LogP contribution in [0.3, 0.4) is 0 Å².